The zero-order valence-corrected chi connectivity index (χ0v) is 14.1. The van der Waals surface area contributed by atoms with Gasteiger partial charge in [-0.2, -0.15) is 0 Å². The maximum atomic E-state index is 12.3. The van der Waals surface area contributed by atoms with Gasteiger partial charge in [0.2, 0.25) is 0 Å². The highest BCUT2D eigenvalue weighted by Gasteiger charge is 2.23. The second kappa shape index (κ2) is 7.51. The molecule has 0 spiro atoms. The number of nitrogens with zero attached hydrogens (tertiary/aromatic N) is 1. The molecule has 0 aromatic carbocycles. The fourth-order valence-electron chi connectivity index (χ4n) is 2.00. The van der Waals surface area contributed by atoms with Crippen LogP contribution in [0.2, 0.25) is 0 Å². The number of carboxylic acids is 1. The number of carboxylic acid groups (broad SMARTS) is 1. The van der Waals surface area contributed by atoms with E-state index in [-0.39, 0.29) is 5.91 Å². The van der Waals surface area contributed by atoms with Crippen molar-refractivity contribution < 1.29 is 14.7 Å². The standard InChI is InChI=1S/C15H18N2O3S2/c1-3-4-6-10(15(19)20)17-13(18)12-9(2)16-14(22-12)11-7-5-8-21-11/h5,7-8,10H,3-4,6H2,1-2H3,(H,17,18)(H,19,20). The number of nitrogens with one attached hydrogen (secondary N) is 1. The zero-order valence-electron chi connectivity index (χ0n) is 12.5. The Bertz CT molecular complexity index is 650. The topological polar surface area (TPSA) is 79.3 Å². The highest BCUT2D eigenvalue weighted by Crippen LogP contribution is 2.31. The predicted molar refractivity (Wildman–Crippen MR) is 88.6 cm³/mol. The van der Waals surface area contributed by atoms with Gasteiger partial charge in [-0.25, -0.2) is 9.78 Å². The molecule has 22 heavy (non-hydrogen) atoms. The van der Waals surface area contributed by atoms with Crippen LogP contribution in [0.15, 0.2) is 17.5 Å². The van der Waals surface area contributed by atoms with Crippen molar-refractivity contribution in [3.8, 4) is 9.88 Å². The summed E-state index contributed by atoms with van der Waals surface area (Å²) in [6.45, 7) is 3.76. The van der Waals surface area contributed by atoms with Gasteiger partial charge in [0.1, 0.15) is 15.9 Å². The molecule has 2 heterocycles. The van der Waals surface area contributed by atoms with Crippen molar-refractivity contribution in [2.45, 2.75) is 39.2 Å². The Hall–Kier alpha value is -1.73. The quantitative estimate of drug-likeness (QED) is 0.809. The Balaban J connectivity index is 2.13. The van der Waals surface area contributed by atoms with E-state index in [9.17, 15) is 14.7 Å². The summed E-state index contributed by atoms with van der Waals surface area (Å²) in [4.78, 5) is 29.4. The van der Waals surface area contributed by atoms with E-state index in [2.05, 4.69) is 10.3 Å². The summed E-state index contributed by atoms with van der Waals surface area (Å²) in [6, 6.07) is 3.03. The van der Waals surface area contributed by atoms with E-state index >= 15 is 0 Å². The molecule has 0 aliphatic heterocycles. The number of carbonyl (C=O) groups is 2. The van der Waals surface area contributed by atoms with Crippen LogP contribution in [0.3, 0.4) is 0 Å². The highest BCUT2D eigenvalue weighted by molar-refractivity contribution is 7.22. The lowest BCUT2D eigenvalue weighted by molar-refractivity contribution is -0.139. The van der Waals surface area contributed by atoms with Crippen LogP contribution in [0, 0.1) is 6.92 Å². The van der Waals surface area contributed by atoms with Gasteiger partial charge in [-0.15, -0.1) is 22.7 Å². The number of aliphatic carboxylic acids is 1. The number of carbonyl (C=O) groups excluding carboxylic acids is 1. The van der Waals surface area contributed by atoms with Crippen molar-refractivity contribution in [3.05, 3.63) is 28.1 Å². The average molecular weight is 338 g/mol. The molecule has 118 valence electrons. The van der Waals surface area contributed by atoms with Crippen LogP contribution in [0.5, 0.6) is 0 Å². The van der Waals surface area contributed by atoms with Gasteiger partial charge in [-0.1, -0.05) is 25.8 Å². The first-order valence-electron chi connectivity index (χ1n) is 7.08. The Morgan fingerprint density at radius 2 is 2.23 bits per heavy atom. The molecule has 0 aliphatic rings. The molecule has 2 N–H and O–H groups in total. The molecular formula is C15H18N2O3S2. The molecule has 0 aliphatic carbocycles. The van der Waals surface area contributed by atoms with Crippen LogP contribution in [0.25, 0.3) is 9.88 Å². The van der Waals surface area contributed by atoms with Gasteiger partial charge in [-0.3, -0.25) is 4.79 Å². The minimum Gasteiger partial charge on any atom is -0.480 e. The number of aryl methyl sites for hydroxylation is 1. The normalized spacial score (nSPS) is 12.1. The molecule has 1 atom stereocenters. The average Bonchev–Trinajstić information content (AvgIpc) is 3.11. The molecule has 2 aromatic rings. The Morgan fingerprint density at radius 1 is 1.45 bits per heavy atom. The van der Waals surface area contributed by atoms with Crippen LogP contribution in [0.4, 0.5) is 0 Å². The molecule has 0 saturated carbocycles. The molecule has 0 saturated heterocycles. The zero-order chi connectivity index (χ0) is 16.1. The van der Waals surface area contributed by atoms with E-state index in [1.54, 1.807) is 18.3 Å². The molecule has 2 aromatic heterocycles. The first kappa shape index (κ1) is 16.6. The van der Waals surface area contributed by atoms with E-state index in [0.717, 1.165) is 22.7 Å². The summed E-state index contributed by atoms with van der Waals surface area (Å²) in [5, 5.41) is 14.5. The lowest BCUT2D eigenvalue weighted by Gasteiger charge is -2.13. The van der Waals surface area contributed by atoms with Gasteiger partial charge in [0.25, 0.3) is 5.91 Å². The number of hydrogen-bond donors (Lipinski definition) is 2. The first-order chi connectivity index (χ1) is 10.5. The summed E-state index contributed by atoms with van der Waals surface area (Å²) >= 11 is 2.86. The number of aromatic nitrogens is 1. The molecule has 7 heteroatoms. The van der Waals surface area contributed by atoms with Gasteiger partial charge in [-0.05, 0) is 24.8 Å². The molecule has 5 nitrogen and oxygen atoms in total. The van der Waals surface area contributed by atoms with Gasteiger partial charge < -0.3 is 10.4 Å². The number of thiophene rings is 1. The largest absolute Gasteiger partial charge is 0.480 e. The summed E-state index contributed by atoms with van der Waals surface area (Å²) in [5.74, 6) is -1.36. The Kier molecular flexibility index (Phi) is 5.68. The molecule has 2 rings (SSSR count). The summed E-state index contributed by atoms with van der Waals surface area (Å²) in [5.41, 5.74) is 0.630. The molecule has 1 amide bonds. The summed E-state index contributed by atoms with van der Waals surface area (Å²) in [6.07, 6.45) is 2.09. The van der Waals surface area contributed by atoms with E-state index in [1.807, 2.05) is 24.4 Å². The van der Waals surface area contributed by atoms with Gasteiger partial charge in [0.15, 0.2) is 0 Å². The summed E-state index contributed by atoms with van der Waals surface area (Å²) in [7, 11) is 0. The fraction of sp³-hybridized carbons (Fsp3) is 0.400. The molecule has 1 unspecified atom stereocenters. The van der Waals surface area contributed by atoms with Crippen molar-refractivity contribution in [1.29, 1.82) is 0 Å². The highest BCUT2D eigenvalue weighted by atomic mass is 32.1. The van der Waals surface area contributed by atoms with Crippen LogP contribution >= 0.6 is 22.7 Å². The molecular weight excluding hydrogens is 320 g/mol. The van der Waals surface area contributed by atoms with Crippen molar-refractivity contribution in [1.82, 2.24) is 10.3 Å². The first-order valence-corrected chi connectivity index (χ1v) is 8.77. The fourth-order valence-corrected chi connectivity index (χ4v) is 3.77. The number of rotatable bonds is 7. The smallest absolute Gasteiger partial charge is 0.326 e. The molecule has 0 bridgehead atoms. The van der Waals surface area contributed by atoms with Crippen molar-refractivity contribution in [3.63, 3.8) is 0 Å². The van der Waals surface area contributed by atoms with Crippen molar-refractivity contribution in [2.75, 3.05) is 0 Å². The van der Waals surface area contributed by atoms with Crippen LogP contribution < -0.4 is 5.32 Å². The van der Waals surface area contributed by atoms with Gasteiger partial charge in [0, 0.05) is 0 Å². The van der Waals surface area contributed by atoms with Crippen LogP contribution in [-0.4, -0.2) is 28.0 Å². The predicted octanol–water partition coefficient (Wildman–Crippen LogP) is 3.55. The van der Waals surface area contributed by atoms with E-state index in [1.165, 1.54) is 11.3 Å². The van der Waals surface area contributed by atoms with E-state index in [0.29, 0.717) is 17.0 Å². The Labute approximate surface area is 137 Å². The third kappa shape index (κ3) is 3.92. The van der Waals surface area contributed by atoms with E-state index < -0.39 is 12.0 Å². The van der Waals surface area contributed by atoms with Gasteiger partial charge >= 0.3 is 5.97 Å². The van der Waals surface area contributed by atoms with Gasteiger partial charge in [0.05, 0.1) is 10.6 Å². The third-order valence-electron chi connectivity index (χ3n) is 3.18. The third-order valence-corrected chi connectivity index (χ3v) is 5.38. The molecule has 0 radical (unpaired) electrons. The molecule has 0 fully saturated rings. The number of hydrogen-bond acceptors (Lipinski definition) is 5. The summed E-state index contributed by atoms with van der Waals surface area (Å²) < 4.78 is 0. The number of amides is 1. The minimum absolute atomic E-state index is 0.360. The number of unbranched alkanes of at least 4 members (excludes halogenated alkanes) is 1. The lowest BCUT2D eigenvalue weighted by Crippen LogP contribution is -2.40. The maximum Gasteiger partial charge on any atom is 0.326 e. The van der Waals surface area contributed by atoms with Crippen molar-refractivity contribution >= 4 is 34.6 Å². The van der Waals surface area contributed by atoms with Crippen molar-refractivity contribution in [2.24, 2.45) is 0 Å². The van der Waals surface area contributed by atoms with Crippen LogP contribution in [0.1, 0.15) is 41.6 Å². The van der Waals surface area contributed by atoms with Crippen LogP contribution in [-0.2, 0) is 4.79 Å². The Morgan fingerprint density at radius 3 is 2.82 bits per heavy atom. The van der Waals surface area contributed by atoms with E-state index in [4.69, 9.17) is 0 Å². The number of thiazole rings is 1. The lowest BCUT2D eigenvalue weighted by atomic mass is 10.1. The second-order valence-corrected chi connectivity index (χ2v) is 6.86. The second-order valence-electron chi connectivity index (χ2n) is 4.92. The minimum atomic E-state index is -0.998. The maximum absolute atomic E-state index is 12.3. The SMILES string of the molecule is CCCCC(NC(=O)c1sc(-c2cccs2)nc1C)C(=O)O. The monoisotopic (exact) mass is 338 g/mol.